The largest absolute Gasteiger partial charge is 0.493 e. The van der Waals surface area contributed by atoms with Crippen LogP contribution in [0.15, 0.2) is 24.3 Å². The molecule has 1 aromatic rings. The number of quaternary nitrogens is 2. The highest BCUT2D eigenvalue weighted by Gasteiger charge is 2.20. The lowest BCUT2D eigenvalue weighted by molar-refractivity contribution is -1.01. The number of para-hydroxylation sites is 1. The zero-order valence-electron chi connectivity index (χ0n) is 14.7. The summed E-state index contributed by atoms with van der Waals surface area (Å²) in [6.45, 7) is 15.5. The van der Waals surface area contributed by atoms with Crippen molar-refractivity contribution in [2.45, 2.75) is 39.5 Å². The summed E-state index contributed by atoms with van der Waals surface area (Å²) in [6, 6.07) is 8.53. The molecule has 3 nitrogen and oxygen atoms in total. The molecule has 1 aromatic carbocycles. The summed E-state index contributed by atoms with van der Waals surface area (Å²) < 4.78 is 6.07. The van der Waals surface area contributed by atoms with E-state index in [0.717, 1.165) is 25.2 Å². The Labute approximate surface area is 136 Å². The molecule has 1 aliphatic rings. The van der Waals surface area contributed by atoms with Crippen LogP contribution >= 0.6 is 0 Å². The van der Waals surface area contributed by atoms with Crippen LogP contribution in [0.5, 0.6) is 5.75 Å². The van der Waals surface area contributed by atoms with E-state index in [1.54, 1.807) is 9.80 Å². The molecule has 0 saturated carbocycles. The third kappa shape index (κ3) is 4.99. The Morgan fingerprint density at radius 3 is 2.41 bits per heavy atom. The fourth-order valence-corrected chi connectivity index (χ4v) is 3.30. The molecule has 3 heteroatoms. The Morgan fingerprint density at radius 2 is 1.73 bits per heavy atom. The van der Waals surface area contributed by atoms with Gasteiger partial charge in [-0.25, -0.2) is 0 Å². The van der Waals surface area contributed by atoms with Gasteiger partial charge in [-0.15, -0.1) is 0 Å². The van der Waals surface area contributed by atoms with Crippen molar-refractivity contribution in [2.75, 3.05) is 45.9 Å². The topological polar surface area (TPSA) is 18.1 Å². The summed E-state index contributed by atoms with van der Waals surface area (Å²) in [5.41, 5.74) is 1.36. The van der Waals surface area contributed by atoms with E-state index in [1.165, 1.54) is 44.8 Å². The molecule has 0 unspecified atom stereocenters. The van der Waals surface area contributed by atoms with Gasteiger partial charge in [-0.05, 0) is 30.9 Å². The van der Waals surface area contributed by atoms with Gasteiger partial charge < -0.3 is 14.5 Å². The maximum atomic E-state index is 6.07. The summed E-state index contributed by atoms with van der Waals surface area (Å²) in [6.07, 6.45) is 2.32. The highest BCUT2D eigenvalue weighted by atomic mass is 16.5. The molecule has 1 heterocycles. The Balaban J connectivity index is 1.71. The number of rotatable bonds is 8. The number of benzene rings is 1. The van der Waals surface area contributed by atoms with Crippen molar-refractivity contribution in [1.82, 2.24) is 0 Å². The van der Waals surface area contributed by atoms with E-state index < -0.39 is 0 Å². The lowest BCUT2D eigenvalue weighted by Crippen LogP contribution is -3.28. The van der Waals surface area contributed by atoms with Crippen LogP contribution in [0.3, 0.4) is 0 Å². The molecule has 1 aliphatic heterocycles. The summed E-state index contributed by atoms with van der Waals surface area (Å²) in [4.78, 5) is 3.53. The normalized spacial score (nSPS) is 23.2. The molecule has 0 radical (unpaired) electrons. The standard InChI is InChI=1S/C19H32N2O/c1-4-17(3)18-9-6-7-10-19(18)22-16-8-11-21-14-12-20(5-2)13-15-21/h6-7,9-10,17H,4-5,8,11-16H2,1-3H3/p+2/t17-/m0/s1. The smallest absolute Gasteiger partial charge is 0.127 e. The zero-order chi connectivity index (χ0) is 15.8. The average Bonchev–Trinajstić information content (AvgIpc) is 2.59. The molecule has 1 saturated heterocycles. The molecule has 2 N–H and O–H groups in total. The molecule has 124 valence electrons. The van der Waals surface area contributed by atoms with Crippen LogP contribution < -0.4 is 14.5 Å². The first-order valence-corrected chi connectivity index (χ1v) is 9.13. The van der Waals surface area contributed by atoms with Crippen molar-refractivity contribution >= 4 is 0 Å². The van der Waals surface area contributed by atoms with Gasteiger partial charge in [-0.1, -0.05) is 32.0 Å². The van der Waals surface area contributed by atoms with E-state index in [2.05, 4.69) is 45.0 Å². The molecule has 1 atom stereocenters. The molecule has 0 amide bonds. The number of hydrogen-bond donors (Lipinski definition) is 2. The van der Waals surface area contributed by atoms with E-state index in [4.69, 9.17) is 4.74 Å². The Kier molecular flexibility index (Phi) is 7.20. The Morgan fingerprint density at radius 1 is 1.05 bits per heavy atom. The molecule has 22 heavy (non-hydrogen) atoms. The van der Waals surface area contributed by atoms with Crippen LogP contribution in [0.1, 0.15) is 45.1 Å². The van der Waals surface area contributed by atoms with Crippen molar-refractivity contribution in [1.29, 1.82) is 0 Å². The highest BCUT2D eigenvalue weighted by Crippen LogP contribution is 2.28. The number of likely N-dealkylation sites (N-methyl/N-ethyl adjacent to an activating group) is 1. The fraction of sp³-hybridized carbons (Fsp3) is 0.684. The van der Waals surface area contributed by atoms with Crippen molar-refractivity contribution < 1.29 is 14.5 Å². The SMILES string of the molecule is CC[C@H](C)c1ccccc1OCCC[NH+]1CC[NH+](CC)CC1. The molecule has 0 aromatic heterocycles. The molecule has 0 spiro atoms. The second-order valence-electron chi connectivity index (χ2n) is 6.65. The minimum absolute atomic E-state index is 0.576. The molecule has 0 bridgehead atoms. The van der Waals surface area contributed by atoms with Gasteiger partial charge in [0.05, 0.1) is 19.7 Å². The number of piperazine rings is 1. The number of hydrogen-bond acceptors (Lipinski definition) is 1. The molecule has 1 fully saturated rings. The quantitative estimate of drug-likeness (QED) is 0.679. The van der Waals surface area contributed by atoms with Crippen LogP contribution in [-0.2, 0) is 0 Å². The Hall–Kier alpha value is -1.06. The van der Waals surface area contributed by atoms with Gasteiger partial charge in [-0.2, -0.15) is 0 Å². The molecule has 0 aliphatic carbocycles. The van der Waals surface area contributed by atoms with Crippen molar-refractivity contribution in [3.05, 3.63) is 29.8 Å². The van der Waals surface area contributed by atoms with Crippen LogP contribution in [0.2, 0.25) is 0 Å². The molecular weight excluding hydrogens is 272 g/mol. The molecule has 2 rings (SSSR count). The maximum Gasteiger partial charge on any atom is 0.127 e. The van der Waals surface area contributed by atoms with Gasteiger partial charge in [0.2, 0.25) is 0 Å². The number of ether oxygens (including phenoxy) is 1. The third-order valence-corrected chi connectivity index (χ3v) is 5.16. The van der Waals surface area contributed by atoms with E-state index in [0.29, 0.717) is 5.92 Å². The van der Waals surface area contributed by atoms with Crippen molar-refractivity contribution in [2.24, 2.45) is 0 Å². The fourth-order valence-electron chi connectivity index (χ4n) is 3.30. The van der Waals surface area contributed by atoms with Crippen LogP contribution in [-0.4, -0.2) is 45.9 Å². The first kappa shape index (κ1) is 17.3. The van der Waals surface area contributed by atoms with Gasteiger partial charge in [0.25, 0.3) is 0 Å². The van der Waals surface area contributed by atoms with Crippen LogP contribution in [0.4, 0.5) is 0 Å². The van der Waals surface area contributed by atoms with E-state index >= 15 is 0 Å². The maximum absolute atomic E-state index is 6.07. The van der Waals surface area contributed by atoms with E-state index in [-0.39, 0.29) is 0 Å². The van der Waals surface area contributed by atoms with Gasteiger partial charge in [-0.3, -0.25) is 0 Å². The monoisotopic (exact) mass is 306 g/mol. The lowest BCUT2D eigenvalue weighted by atomic mass is 9.98. The predicted octanol–water partition coefficient (Wildman–Crippen LogP) is 0.772. The van der Waals surface area contributed by atoms with Crippen LogP contribution in [0, 0.1) is 0 Å². The summed E-state index contributed by atoms with van der Waals surface area (Å²) in [5.74, 6) is 1.67. The number of nitrogens with one attached hydrogen (secondary N) is 2. The van der Waals surface area contributed by atoms with Gasteiger partial charge >= 0.3 is 0 Å². The minimum Gasteiger partial charge on any atom is -0.493 e. The average molecular weight is 306 g/mol. The van der Waals surface area contributed by atoms with Crippen molar-refractivity contribution in [3.8, 4) is 5.75 Å². The highest BCUT2D eigenvalue weighted by molar-refractivity contribution is 5.35. The van der Waals surface area contributed by atoms with E-state index in [9.17, 15) is 0 Å². The zero-order valence-corrected chi connectivity index (χ0v) is 14.7. The van der Waals surface area contributed by atoms with Gasteiger partial charge in [0.15, 0.2) is 0 Å². The van der Waals surface area contributed by atoms with Gasteiger partial charge in [0.1, 0.15) is 31.9 Å². The first-order chi connectivity index (χ1) is 10.7. The lowest BCUT2D eigenvalue weighted by Gasteiger charge is -2.29. The minimum atomic E-state index is 0.576. The first-order valence-electron chi connectivity index (χ1n) is 9.13. The van der Waals surface area contributed by atoms with Crippen molar-refractivity contribution in [3.63, 3.8) is 0 Å². The second kappa shape index (κ2) is 9.16. The Bertz CT molecular complexity index is 427. The summed E-state index contributed by atoms with van der Waals surface area (Å²) >= 11 is 0. The predicted molar refractivity (Wildman–Crippen MR) is 92.1 cm³/mol. The second-order valence-corrected chi connectivity index (χ2v) is 6.65. The summed E-state index contributed by atoms with van der Waals surface area (Å²) in [7, 11) is 0. The summed E-state index contributed by atoms with van der Waals surface area (Å²) in [5, 5.41) is 0. The third-order valence-electron chi connectivity index (χ3n) is 5.16. The van der Waals surface area contributed by atoms with E-state index in [1.807, 2.05) is 0 Å². The van der Waals surface area contributed by atoms with Gasteiger partial charge in [0, 0.05) is 6.42 Å². The molecular formula is C19H34N2O+2. The van der Waals surface area contributed by atoms with Crippen LogP contribution in [0.25, 0.3) is 0 Å².